The number of aryl methyl sites for hydroxylation is 1. The van der Waals surface area contributed by atoms with E-state index in [1.54, 1.807) is 0 Å². The van der Waals surface area contributed by atoms with Gasteiger partial charge in [-0.25, -0.2) is 0 Å². The molecule has 0 saturated carbocycles. The molecule has 0 atom stereocenters. The van der Waals surface area contributed by atoms with Crippen molar-refractivity contribution < 1.29 is 0 Å². The third kappa shape index (κ3) is 2.17. The Morgan fingerprint density at radius 1 is 1.29 bits per heavy atom. The molecule has 0 aliphatic heterocycles. The summed E-state index contributed by atoms with van der Waals surface area (Å²) in [5.41, 5.74) is 2.05. The van der Waals surface area contributed by atoms with Crippen molar-refractivity contribution >= 4 is 5.82 Å². The summed E-state index contributed by atoms with van der Waals surface area (Å²) < 4.78 is 0. The summed E-state index contributed by atoms with van der Waals surface area (Å²) in [6.45, 7) is 3.98. The molecule has 2 heterocycles. The maximum Gasteiger partial charge on any atom is 0.193 e. The van der Waals surface area contributed by atoms with Crippen LogP contribution in [0, 0.1) is 25.2 Å². The van der Waals surface area contributed by atoms with Gasteiger partial charge in [0.25, 0.3) is 0 Å². The first kappa shape index (κ1) is 10.9. The fraction of sp³-hybridized carbons (Fsp3) is 0.333. The highest BCUT2D eigenvalue weighted by Gasteiger charge is 2.10. The lowest BCUT2D eigenvalue weighted by atomic mass is 10.1. The summed E-state index contributed by atoms with van der Waals surface area (Å²) in [4.78, 5) is 0. The standard InChI is InChI=1S/C9H10N8/c1-5-6(2)12-15-9(7(5)3-10)11-4-8-13-16-17-14-8/h4H2,1-2H3,(H,11,15)(H,13,14,16,17). The predicted molar refractivity (Wildman–Crippen MR) is 57.7 cm³/mol. The first-order valence-corrected chi connectivity index (χ1v) is 4.92. The molecule has 2 N–H and O–H groups in total. The highest BCUT2D eigenvalue weighted by Crippen LogP contribution is 2.17. The molecule has 0 saturated heterocycles. The Bertz CT molecular complexity index is 553. The minimum Gasteiger partial charge on any atom is -0.360 e. The summed E-state index contributed by atoms with van der Waals surface area (Å²) in [5.74, 6) is 0.925. The third-order valence-electron chi connectivity index (χ3n) is 2.37. The van der Waals surface area contributed by atoms with Crippen molar-refractivity contribution in [2.75, 3.05) is 5.32 Å². The molecule has 86 valence electrons. The monoisotopic (exact) mass is 230 g/mol. The van der Waals surface area contributed by atoms with Crippen LogP contribution in [0.25, 0.3) is 0 Å². The van der Waals surface area contributed by atoms with E-state index in [9.17, 15) is 0 Å². The van der Waals surface area contributed by atoms with Crippen LogP contribution >= 0.6 is 0 Å². The van der Waals surface area contributed by atoms with E-state index in [-0.39, 0.29) is 0 Å². The summed E-state index contributed by atoms with van der Waals surface area (Å²) in [5, 5.41) is 33.3. The van der Waals surface area contributed by atoms with Crippen molar-refractivity contribution in [1.82, 2.24) is 30.8 Å². The van der Waals surface area contributed by atoms with Crippen molar-refractivity contribution in [3.8, 4) is 6.07 Å². The van der Waals surface area contributed by atoms with E-state index in [0.717, 1.165) is 11.3 Å². The van der Waals surface area contributed by atoms with Gasteiger partial charge in [-0.05, 0) is 19.4 Å². The SMILES string of the molecule is Cc1nnc(NCc2nn[nH]n2)c(C#N)c1C. The Labute approximate surface area is 97.1 Å². The van der Waals surface area contributed by atoms with Crippen LogP contribution in [0.3, 0.4) is 0 Å². The van der Waals surface area contributed by atoms with Crippen LogP contribution in [-0.4, -0.2) is 30.8 Å². The zero-order valence-corrected chi connectivity index (χ0v) is 9.39. The molecule has 0 amide bonds. The van der Waals surface area contributed by atoms with Gasteiger partial charge in [-0.1, -0.05) is 5.21 Å². The molecule has 0 fully saturated rings. The van der Waals surface area contributed by atoms with E-state index in [0.29, 0.717) is 23.8 Å². The van der Waals surface area contributed by atoms with Gasteiger partial charge in [0.1, 0.15) is 11.6 Å². The molecular formula is C9H10N8. The Morgan fingerprint density at radius 2 is 2.12 bits per heavy atom. The first-order valence-electron chi connectivity index (χ1n) is 4.92. The second-order valence-corrected chi connectivity index (χ2v) is 3.43. The summed E-state index contributed by atoms with van der Waals surface area (Å²) in [7, 11) is 0. The molecule has 2 rings (SSSR count). The third-order valence-corrected chi connectivity index (χ3v) is 2.37. The van der Waals surface area contributed by atoms with Gasteiger partial charge in [-0.2, -0.15) is 15.6 Å². The van der Waals surface area contributed by atoms with Crippen LogP contribution in [0.1, 0.15) is 22.6 Å². The Hall–Kier alpha value is -2.56. The molecule has 0 bridgehead atoms. The van der Waals surface area contributed by atoms with Gasteiger partial charge in [0, 0.05) is 0 Å². The molecular weight excluding hydrogens is 220 g/mol. The second-order valence-electron chi connectivity index (χ2n) is 3.43. The number of anilines is 1. The molecule has 2 aromatic rings. The number of hydrogen-bond acceptors (Lipinski definition) is 7. The molecule has 8 nitrogen and oxygen atoms in total. The highest BCUT2D eigenvalue weighted by atomic mass is 15.5. The largest absolute Gasteiger partial charge is 0.360 e. The fourth-order valence-corrected chi connectivity index (χ4v) is 1.29. The van der Waals surface area contributed by atoms with Crippen LogP contribution in [0.5, 0.6) is 0 Å². The maximum absolute atomic E-state index is 9.07. The van der Waals surface area contributed by atoms with Crippen LogP contribution in [0.2, 0.25) is 0 Å². The van der Waals surface area contributed by atoms with Crippen molar-refractivity contribution in [2.45, 2.75) is 20.4 Å². The average Bonchev–Trinajstić information content (AvgIpc) is 2.83. The normalized spacial score (nSPS) is 9.94. The van der Waals surface area contributed by atoms with E-state index in [1.165, 1.54) is 0 Å². The van der Waals surface area contributed by atoms with E-state index >= 15 is 0 Å². The van der Waals surface area contributed by atoms with Crippen molar-refractivity contribution in [1.29, 1.82) is 5.26 Å². The van der Waals surface area contributed by atoms with Gasteiger partial charge in [-0.3, -0.25) is 0 Å². The summed E-state index contributed by atoms with van der Waals surface area (Å²) >= 11 is 0. The number of hydrogen-bond donors (Lipinski definition) is 2. The summed E-state index contributed by atoms with van der Waals surface area (Å²) in [6.07, 6.45) is 0. The lowest BCUT2D eigenvalue weighted by Gasteiger charge is -2.07. The zero-order valence-electron chi connectivity index (χ0n) is 9.39. The molecule has 0 radical (unpaired) electrons. The van der Waals surface area contributed by atoms with Gasteiger partial charge < -0.3 is 5.32 Å². The molecule has 0 aliphatic carbocycles. The number of tetrazole rings is 1. The Kier molecular flexibility index (Phi) is 2.91. The van der Waals surface area contributed by atoms with Crippen molar-refractivity contribution in [3.05, 3.63) is 22.6 Å². The molecule has 0 unspecified atom stereocenters. The molecule has 2 aromatic heterocycles. The molecule has 8 heteroatoms. The predicted octanol–water partition coefficient (Wildman–Crippen LogP) is 0.0903. The van der Waals surface area contributed by atoms with E-state index in [4.69, 9.17) is 5.26 Å². The number of nitriles is 1. The molecule has 17 heavy (non-hydrogen) atoms. The fourth-order valence-electron chi connectivity index (χ4n) is 1.29. The van der Waals surface area contributed by atoms with Gasteiger partial charge >= 0.3 is 0 Å². The lowest BCUT2D eigenvalue weighted by Crippen LogP contribution is -2.08. The minimum absolute atomic E-state index is 0.336. The van der Waals surface area contributed by atoms with Crippen molar-refractivity contribution in [2.24, 2.45) is 0 Å². The smallest absolute Gasteiger partial charge is 0.193 e. The van der Waals surface area contributed by atoms with Crippen LogP contribution in [0.4, 0.5) is 5.82 Å². The number of nitrogens with zero attached hydrogens (tertiary/aromatic N) is 6. The second kappa shape index (κ2) is 4.52. The van der Waals surface area contributed by atoms with Crippen LogP contribution < -0.4 is 5.32 Å². The maximum atomic E-state index is 9.07. The minimum atomic E-state index is 0.336. The average molecular weight is 230 g/mol. The number of aromatic amines is 1. The number of aromatic nitrogens is 6. The Morgan fingerprint density at radius 3 is 2.76 bits per heavy atom. The number of nitrogens with one attached hydrogen (secondary N) is 2. The molecule has 0 aromatic carbocycles. The van der Waals surface area contributed by atoms with E-state index < -0.39 is 0 Å². The van der Waals surface area contributed by atoms with Gasteiger partial charge in [-0.15, -0.1) is 15.3 Å². The van der Waals surface area contributed by atoms with Gasteiger partial charge in [0.05, 0.1) is 12.2 Å². The van der Waals surface area contributed by atoms with E-state index in [2.05, 4.69) is 42.2 Å². The zero-order chi connectivity index (χ0) is 12.3. The highest BCUT2D eigenvalue weighted by molar-refractivity contribution is 5.55. The molecule has 0 spiro atoms. The first-order chi connectivity index (χ1) is 8.22. The van der Waals surface area contributed by atoms with E-state index in [1.807, 2.05) is 13.8 Å². The van der Waals surface area contributed by atoms with Gasteiger partial charge in [0.2, 0.25) is 0 Å². The lowest BCUT2D eigenvalue weighted by molar-refractivity contribution is 0.881. The van der Waals surface area contributed by atoms with Gasteiger partial charge in [0.15, 0.2) is 11.6 Å². The topological polar surface area (TPSA) is 116 Å². The quantitative estimate of drug-likeness (QED) is 0.767. The molecule has 0 aliphatic rings. The number of H-pyrrole nitrogens is 1. The van der Waals surface area contributed by atoms with Crippen LogP contribution in [0.15, 0.2) is 0 Å². The van der Waals surface area contributed by atoms with Crippen LogP contribution in [-0.2, 0) is 6.54 Å². The van der Waals surface area contributed by atoms with Crippen molar-refractivity contribution in [3.63, 3.8) is 0 Å². The Balaban J connectivity index is 2.22. The number of rotatable bonds is 3. The summed E-state index contributed by atoms with van der Waals surface area (Å²) in [6, 6.07) is 2.11.